The fourth-order valence-corrected chi connectivity index (χ4v) is 4.03. The van der Waals surface area contributed by atoms with Crippen LogP contribution in [0.4, 0.5) is 0 Å². The van der Waals surface area contributed by atoms with Crippen LogP contribution in [0, 0.1) is 0 Å². The molecule has 1 aliphatic rings. The van der Waals surface area contributed by atoms with Crippen LogP contribution in [0.2, 0.25) is 0 Å². The summed E-state index contributed by atoms with van der Waals surface area (Å²) in [5, 5.41) is 0. The quantitative estimate of drug-likeness (QED) is 0.524. The highest BCUT2D eigenvalue weighted by Crippen LogP contribution is 2.33. The van der Waals surface area contributed by atoms with E-state index in [1.165, 1.54) is 0 Å². The van der Waals surface area contributed by atoms with E-state index < -0.39 is 0 Å². The number of methoxy groups -OCH3 is 1. The maximum absolute atomic E-state index is 12.9. The number of fused-ring (bicyclic) bond motifs is 1. The second kappa shape index (κ2) is 7.59. The van der Waals surface area contributed by atoms with Gasteiger partial charge in [-0.2, -0.15) is 0 Å². The normalized spacial score (nSPS) is 16.2. The summed E-state index contributed by atoms with van der Waals surface area (Å²) in [4.78, 5) is 28.2. The van der Waals surface area contributed by atoms with Gasteiger partial charge in [-0.25, -0.2) is 9.97 Å². The number of hydrogen-bond acceptors (Lipinski definition) is 5. The third-order valence-corrected chi connectivity index (χ3v) is 5.54. The Hall–Kier alpha value is -3.74. The van der Waals surface area contributed by atoms with Crippen molar-refractivity contribution in [3.05, 3.63) is 72.7 Å². The first-order valence-corrected chi connectivity index (χ1v) is 9.91. The number of likely N-dealkylation sites (tertiary alicyclic amines) is 1. The molecular formula is C23H21N5O2. The predicted octanol–water partition coefficient (Wildman–Crippen LogP) is 3.59. The molecule has 7 nitrogen and oxygen atoms in total. The van der Waals surface area contributed by atoms with Crippen LogP contribution >= 0.6 is 0 Å². The van der Waals surface area contributed by atoms with Gasteiger partial charge < -0.3 is 14.2 Å². The van der Waals surface area contributed by atoms with Crippen LogP contribution in [-0.2, 0) is 0 Å². The smallest absolute Gasteiger partial charge is 0.254 e. The Kier molecular flexibility index (Phi) is 4.63. The fourth-order valence-electron chi connectivity index (χ4n) is 4.03. The van der Waals surface area contributed by atoms with Gasteiger partial charge in [0.05, 0.1) is 13.2 Å². The molecule has 1 amide bonds. The summed E-state index contributed by atoms with van der Waals surface area (Å²) in [6.07, 6.45) is 5.93. The largest absolute Gasteiger partial charge is 0.497 e. The Morgan fingerprint density at radius 1 is 1.07 bits per heavy atom. The third kappa shape index (κ3) is 3.18. The first kappa shape index (κ1) is 18.3. The van der Waals surface area contributed by atoms with Crippen molar-refractivity contribution in [1.29, 1.82) is 0 Å². The van der Waals surface area contributed by atoms with Crippen LogP contribution in [0.5, 0.6) is 5.75 Å². The van der Waals surface area contributed by atoms with Gasteiger partial charge in [-0.3, -0.25) is 9.78 Å². The minimum atomic E-state index is 0.0308. The first-order chi connectivity index (χ1) is 14.7. The number of carbonyl (C=O) groups is 1. The molecule has 0 radical (unpaired) electrons. The van der Waals surface area contributed by atoms with Crippen molar-refractivity contribution in [3.63, 3.8) is 0 Å². The summed E-state index contributed by atoms with van der Waals surface area (Å²) in [5.74, 6) is 1.69. The zero-order chi connectivity index (χ0) is 20.5. The summed E-state index contributed by atoms with van der Waals surface area (Å²) in [6, 6.07) is 15.4. The van der Waals surface area contributed by atoms with Crippen molar-refractivity contribution >= 4 is 17.1 Å². The van der Waals surface area contributed by atoms with Crippen molar-refractivity contribution in [1.82, 2.24) is 24.4 Å². The maximum atomic E-state index is 12.9. The van der Waals surface area contributed by atoms with E-state index in [1.807, 2.05) is 41.3 Å². The highest BCUT2D eigenvalue weighted by molar-refractivity contribution is 5.94. The zero-order valence-electron chi connectivity index (χ0n) is 16.6. The van der Waals surface area contributed by atoms with E-state index in [9.17, 15) is 4.79 Å². The second-order valence-corrected chi connectivity index (χ2v) is 7.31. The molecule has 1 atom stereocenters. The SMILES string of the molecule is COc1ccc(-c2nc3cccnc3n2C2CCN(C(=O)c3ccncc3)C2)cc1. The van der Waals surface area contributed by atoms with Gasteiger partial charge in [-0.15, -0.1) is 0 Å². The van der Waals surface area contributed by atoms with Gasteiger partial charge in [0.15, 0.2) is 5.65 Å². The molecule has 0 saturated carbocycles. The van der Waals surface area contributed by atoms with E-state index in [4.69, 9.17) is 9.72 Å². The lowest BCUT2D eigenvalue weighted by Crippen LogP contribution is -2.29. The maximum Gasteiger partial charge on any atom is 0.254 e. The summed E-state index contributed by atoms with van der Waals surface area (Å²) >= 11 is 0. The second-order valence-electron chi connectivity index (χ2n) is 7.31. The Balaban J connectivity index is 1.51. The van der Waals surface area contributed by atoms with Crippen LogP contribution in [0.1, 0.15) is 22.8 Å². The molecule has 1 fully saturated rings. The molecule has 1 saturated heterocycles. The number of pyridine rings is 2. The number of rotatable bonds is 4. The van der Waals surface area contributed by atoms with Crippen LogP contribution < -0.4 is 4.74 Å². The molecule has 1 unspecified atom stereocenters. The van der Waals surface area contributed by atoms with Crippen molar-refractivity contribution in [3.8, 4) is 17.1 Å². The molecule has 5 rings (SSSR count). The summed E-state index contributed by atoms with van der Waals surface area (Å²) in [5.41, 5.74) is 3.34. The number of hydrogen-bond donors (Lipinski definition) is 0. The average molecular weight is 399 g/mol. The van der Waals surface area contributed by atoms with Gasteiger partial charge in [0.1, 0.15) is 17.1 Å². The number of imidazole rings is 1. The molecule has 3 aromatic heterocycles. The molecule has 0 aliphatic carbocycles. The number of aromatic nitrogens is 4. The van der Waals surface area contributed by atoms with Crippen molar-refractivity contribution < 1.29 is 9.53 Å². The molecule has 4 heterocycles. The van der Waals surface area contributed by atoms with Gasteiger partial charge >= 0.3 is 0 Å². The molecule has 0 bridgehead atoms. The van der Waals surface area contributed by atoms with Gasteiger partial charge in [-0.1, -0.05) is 0 Å². The number of benzene rings is 1. The first-order valence-electron chi connectivity index (χ1n) is 9.91. The van der Waals surface area contributed by atoms with Crippen LogP contribution in [0.25, 0.3) is 22.6 Å². The molecule has 0 spiro atoms. The Morgan fingerprint density at radius 2 is 1.87 bits per heavy atom. The molecule has 30 heavy (non-hydrogen) atoms. The minimum absolute atomic E-state index is 0.0308. The number of ether oxygens (including phenoxy) is 1. The third-order valence-electron chi connectivity index (χ3n) is 5.54. The van der Waals surface area contributed by atoms with Crippen molar-refractivity contribution in [2.45, 2.75) is 12.5 Å². The van der Waals surface area contributed by atoms with Gasteiger partial charge in [0.25, 0.3) is 5.91 Å². The number of amides is 1. The minimum Gasteiger partial charge on any atom is -0.497 e. The zero-order valence-corrected chi connectivity index (χ0v) is 16.6. The van der Waals surface area contributed by atoms with E-state index in [-0.39, 0.29) is 11.9 Å². The lowest BCUT2D eigenvalue weighted by atomic mass is 10.2. The standard InChI is InChI=1S/C23H21N5O2/c1-30-19-6-4-16(5-7-19)21-26-20-3-2-11-25-22(20)28(21)18-10-14-27(15-18)23(29)17-8-12-24-13-9-17/h2-9,11-13,18H,10,14-15H2,1H3. The van der Waals surface area contributed by atoms with Gasteiger partial charge in [0, 0.05) is 42.8 Å². The van der Waals surface area contributed by atoms with E-state index in [1.54, 1.807) is 37.8 Å². The monoisotopic (exact) mass is 399 g/mol. The van der Waals surface area contributed by atoms with E-state index in [0.717, 1.165) is 34.7 Å². The molecule has 7 heteroatoms. The molecule has 1 aliphatic heterocycles. The lowest BCUT2D eigenvalue weighted by Gasteiger charge is -2.19. The number of nitrogens with zero attached hydrogens (tertiary/aromatic N) is 5. The van der Waals surface area contributed by atoms with E-state index in [2.05, 4.69) is 14.5 Å². The predicted molar refractivity (Wildman–Crippen MR) is 113 cm³/mol. The van der Waals surface area contributed by atoms with Crippen molar-refractivity contribution in [2.24, 2.45) is 0 Å². The van der Waals surface area contributed by atoms with E-state index in [0.29, 0.717) is 18.7 Å². The molecule has 1 aromatic carbocycles. The van der Waals surface area contributed by atoms with Crippen molar-refractivity contribution in [2.75, 3.05) is 20.2 Å². The van der Waals surface area contributed by atoms with Gasteiger partial charge in [0.2, 0.25) is 0 Å². The molecular weight excluding hydrogens is 378 g/mol. The van der Waals surface area contributed by atoms with Crippen LogP contribution in [-0.4, -0.2) is 50.5 Å². The summed E-state index contributed by atoms with van der Waals surface area (Å²) < 4.78 is 7.47. The Labute approximate surface area is 174 Å². The highest BCUT2D eigenvalue weighted by Gasteiger charge is 2.31. The molecule has 150 valence electrons. The Bertz CT molecular complexity index is 1190. The topological polar surface area (TPSA) is 73.1 Å². The summed E-state index contributed by atoms with van der Waals surface area (Å²) in [6.45, 7) is 1.31. The molecule has 0 N–H and O–H groups in total. The lowest BCUT2D eigenvalue weighted by molar-refractivity contribution is 0.0788. The fraction of sp³-hybridized carbons (Fsp3) is 0.217. The summed E-state index contributed by atoms with van der Waals surface area (Å²) in [7, 11) is 1.65. The Morgan fingerprint density at radius 3 is 2.63 bits per heavy atom. The van der Waals surface area contributed by atoms with E-state index >= 15 is 0 Å². The highest BCUT2D eigenvalue weighted by atomic mass is 16.5. The van der Waals surface area contributed by atoms with Crippen LogP contribution in [0.15, 0.2) is 67.1 Å². The van der Waals surface area contributed by atoms with Gasteiger partial charge in [-0.05, 0) is 55.0 Å². The number of carbonyl (C=O) groups excluding carboxylic acids is 1. The molecule has 4 aromatic rings. The van der Waals surface area contributed by atoms with Crippen LogP contribution in [0.3, 0.4) is 0 Å². The average Bonchev–Trinajstić information content (AvgIpc) is 3.44.